The van der Waals surface area contributed by atoms with E-state index >= 15 is 0 Å². The van der Waals surface area contributed by atoms with Crippen LogP contribution in [-0.2, 0) is 21.7 Å². The second-order valence-electron chi connectivity index (χ2n) is 24.8. The second-order valence-corrected chi connectivity index (χ2v) is 24.8. The standard InChI is InChI=1S/C70H68BN3/c1-45-40-63-66-64(41-45)74(61-29-21-27-54-53-26-19-20-28-56(53)70(11,12)65(54)61)60-39-35-49(69(8,9)10)43-58(60)71(66)57-37-36-52(72(50-22-15-13-16-23-50)51-24-17-14-18-25-51)44-62(57)73(63)59-38-34-48(68(5,6)7)42-55(59)46-30-32-47(33-31-46)67(2,3)4/h13-44H,1-12H3. The van der Waals surface area contributed by atoms with Crippen LogP contribution in [0.4, 0.5) is 51.2 Å². The SMILES string of the molecule is Cc1cc2c3c(c1)N(c1cccc4c1C(C)(C)c1ccccc1-4)c1ccc(C(C)(C)C)cc1B3c1ccc(N(c3ccccc3)c3ccccc3)cc1N2c1ccc(C(C)(C)C)cc1-c1ccc(C(C)(C)C)cc1. The quantitative estimate of drug-likeness (QED) is 0.154. The highest BCUT2D eigenvalue weighted by atomic mass is 15.2. The number of benzene rings is 9. The molecule has 0 amide bonds. The fourth-order valence-electron chi connectivity index (χ4n) is 12.4. The van der Waals surface area contributed by atoms with Gasteiger partial charge in [-0.1, -0.05) is 197 Å². The summed E-state index contributed by atoms with van der Waals surface area (Å²) in [4.78, 5) is 7.70. The molecule has 74 heavy (non-hydrogen) atoms. The lowest BCUT2D eigenvalue weighted by Crippen LogP contribution is -2.61. The highest BCUT2D eigenvalue weighted by Gasteiger charge is 2.47. The summed E-state index contributed by atoms with van der Waals surface area (Å²) in [5.41, 5.74) is 27.2. The van der Waals surface area contributed by atoms with Crippen LogP contribution in [0.3, 0.4) is 0 Å². The molecule has 0 spiro atoms. The third kappa shape index (κ3) is 7.63. The highest BCUT2D eigenvalue weighted by Crippen LogP contribution is 2.56. The molecule has 12 rings (SSSR count). The van der Waals surface area contributed by atoms with Gasteiger partial charge in [0.2, 0.25) is 0 Å². The van der Waals surface area contributed by atoms with Gasteiger partial charge < -0.3 is 14.7 Å². The maximum atomic E-state index is 2.65. The minimum Gasteiger partial charge on any atom is -0.311 e. The molecule has 2 heterocycles. The Morgan fingerprint density at radius 2 is 0.932 bits per heavy atom. The molecule has 0 atom stereocenters. The Morgan fingerprint density at radius 3 is 1.55 bits per heavy atom. The van der Waals surface area contributed by atoms with Crippen LogP contribution < -0.4 is 31.1 Å². The van der Waals surface area contributed by atoms with Gasteiger partial charge in [0.15, 0.2) is 0 Å². The first-order chi connectivity index (χ1) is 35.3. The van der Waals surface area contributed by atoms with E-state index in [2.05, 4.69) is 292 Å². The Hall–Kier alpha value is -7.56. The molecule has 4 heteroatoms. The van der Waals surface area contributed by atoms with E-state index in [9.17, 15) is 0 Å². The molecule has 0 N–H and O–H groups in total. The van der Waals surface area contributed by atoms with Crippen molar-refractivity contribution >= 4 is 74.3 Å². The molecular weight excluding hydrogens is 894 g/mol. The molecule has 1 aliphatic carbocycles. The minimum absolute atomic E-state index is 0.0295. The van der Waals surface area contributed by atoms with Crippen molar-refractivity contribution in [3.05, 3.63) is 228 Å². The Morgan fingerprint density at radius 1 is 0.392 bits per heavy atom. The number of anilines is 9. The first-order valence-electron chi connectivity index (χ1n) is 26.7. The second kappa shape index (κ2) is 17.0. The van der Waals surface area contributed by atoms with Gasteiger partial charge in [0.25, 0.3) is 6.71 Å². The molecule has 366 valence electrons. The topological polar surface area (TPSA) is 9.72 Å². The van der Waals surface area contributed by atoms with Crippen LogP contribution in [0.5, 0.6) is 0 Å². The molecule has 2 aliphatic heterocycles. The number of fused-ring (bicyclic) bond motifs is 7. The summed E-state index contributed by atoms with van der Waals surface area (Å²) in [5, 5.41) is 0. The van der Waals surface area contributed by atoms with Crippen molar-refractivity contribution in [3.63, 3.8) is 0 Å². The lowest BCUT2D eigenvalue weighted by molar-refractivity contribution is 0.590. The smallest absolute Gasteiger partial charge is 0.252 e. The summed E-state index contributed by atoms with van der Waals surface area (Å²) in [7, 11) is 0. The van der Waals surface area contributed by atoms with Crippen LogP contribution in [0.15, 0.2) is 194 Å². The summed E-state index contributed by atoms with van der Waals surface area (Å²) < 4.78 is 0. The zero-order valence-corrected chi connectivity index (χ0v) is 45.4. The van der Waals surface area contributed by atoms with Crippen molar-refractivity contribution in [2.75, 3.05) is 14.7 Å². The molecule has 0 aromatic heterocycles. The summed E-state index contributed by atoms with van der Waals surface area (Å²) >= 11 is 0. The molecule has 0 radical (unpaired) electrons. The molecule has 0 unspecified atom stereocenters. The van der Waals surface area contributed by atoms with Crippen molar-refractivity contribution in [1.29, 1.82) is 0 Å². The summed E-state index contributed by atoms with van der Waals surface area (Å²) in [5.74, 6) is 0. The Balaban J connectivity index is 1.19. The number of aryl methyl sites for hydroxylation is 1. The van der Waals surface area contributed by atoms with Crippen LogP contribution in [0.1, 0.15) is 110 Å². The Labute approximate surface area is 441 Å². The van der Waals surface area contributed by atoms with Gasteiger partial charge in [-0.3, -0.25) is 0 Å². The zero-order chi connectivity index (χ0) is 51.6. The minimum atomic E-state index is -0.223. The largest absolute Gasteiger partial charge is 0.311 e. The van der Waals surface area contributed by atoms with E-state index in [4.69, 9.17) is 0 Å². The maximum Gasteiger partial charge on any atom is 0.252 e. The average molecular weight is 962 g/mol. The van der Waals surface area contributed by atoms with Crippen LogP contribution in [0, 0.1) is 6.92 Å². The van der Waals surface area contributed by atoms with E-state index in [0.29, 0.717) is 0 Å². The highest BCUT2D eigenvalue weighted by molar-refractivity contribution is 7.00. The Bertz CT molecular complexity index is 3620. The van der Waals surface area contributed by atoms with E-state index in [1.54, 1.807) is 0 Å². The number of hydrogen-bond acceptors (Lipinski definition) is 3. The number of hydrogen-bond donors (Lipinski definition) is 0. The lowest BCUT2D eigenvalue weighted by atomic mass is 9.33. The van der Waals surface area contributed by atoms with Crippen LogP contribution in [0.2, 0.25) is 0 Å². The maximum absolute atomic E-state index is 2.65. The van der Waals surface area contributed by atoms with E-state index < -0.39 is 0 Å². The van der Waals surface area contributed by atoms with Gasteiger partial charge >= 0.3 is 0 Å². The molecule has 3 nitrogen and oxygen atoms in total. The molecule has 0 fully saturated rings. The number of para-hydroxylation sites is 2. The van der Waals surface area contributed by atoms with E-state index in [0.717, 1.165) is 22.7 Å². The van der Waals surface area contributed by atoms with E-state index in [1.807, 2.05) is 0 Å². The summed E-state index contributed by atoms with van der Waals surface area (Å²) in [6.07, 6.45) is 0. The monoisotopic (exact) mass is 962 g/mol. The van der Waals surface area contributed by atoms with Gasteiger partial charge in [0, 0.05) is 50.8 Å². The molecule has 0 saturated carbocycles. The third-order valence-electron chi connectivity index (χ3n) is 16.3. The number of rotatable bonds is 6. The van der Waals surface area contributed by atoms with E-state index in [-0.39, 0.29) is 28.4 Å². The van der Waals surface area contributed by atoms with Gasteiger partial charge in [-0.15, -0.1) is 0 Å². The number of nitrogens with zero attached hydrogens (tertiary/aromatic N) is 3. The molecule has 0 saturated heterocycles. The molecule has 9 aromatic rings. The lowest BCUT2D eigenvalue weighted by Gasteiger charge is -2.46. The van der Waals surface area contributed by atoms with Gasteiger partial charge in [-0.05, 0) is 162 Å². The van der Waals surface area contributed by atoms with Crippen LogP contribution in [-0.4, -0.2) is 6.71 Å². The fraction of sp³-hybridized carbons (Fsp3) is 0.229. The molecule has 0 bridgehead atoms. The van der Waals surface area contributed by atoms with Gasteiger partial charge in [-0.2, -0.15) is 0 Å². The molecule has 9 aromatic carbocycles. The molecular formula is C70H68BN3. The van der Waals surface area contributed by atoms with Crippen molar-refractivity contribution in [2.45, 2.75) is 105 Å². The predicted octanol–water partition coefficient (Wildman–Crippen LogP) is 17.4. The van der Waals surface area contributed by atoms with Crippen LogP contribution in [0.25, 0.3) is 22.3 Å². The van der Waals surface area contributed by atoms with E-state index in [1.165, 1.54) is 100 Å². The van der Waals surface area contributed by atoms with Gasteiger partial charge in [0.1, 0.15) is 0 Å². The predicted molar refractivity (Wildman–Crippen MR) is 319 cm³/mol. The average Bonchev–Trinajstić information content (AvgIpc) is 3.61. The van der Waals surface area contributed by atoms with Crippen molar-refractivity contribution < 1.29 is 0 Å². The van der Waals surface area contributed by atoms with Gasteiger partial charge in [0.05, 0.1) is 11.4 Å². The van der Waals surface area contributed by atoms with Crippen LogP contribution >= 0.6 is 0 Å². The van der Waals surface area contributed by atoms with Crippen molar-refractivity contribution in [2.24, 2.45) is 0 Å². The first kappa shape index (κ1) is 47.4. The normalized spacial score (nSPS) is 14.2. The zero-order valence-electron chi connectivity index (χ0n) is 45.4. The first-order valence-corrected chi connectivity index (χ1v) is 26.7. The summed E-state index contributed by atoms with van der Waals surface area (Å²) in [6, 6.07) is 74.0. The van der Waals surface area contributed by atoms with Crippen molar-refractivity contribution in [1.82, 2.24) is 0 Å². The third-order valence-corrected chi connectivity index (χ3v) is 16.3. The van der Waals surface area contributed by atoms with Gasteiger partial charge in [-0.25, -0.2) is 0 Å². The van der Waals surface area contributed by atoms with Crippen molar-refractivity contribution in [3.8, 4) is 22.3 Å². The fourth-order valence-corrected chi connectivity index (χ4v) is 12.4. The molecule has 3 aliphatic rings. The summed E-state index contributed by atoms with van der Waals surface area (Å²) in [6.45, 7) is 28.0. The Kier molecular flexibility index (Phi) is 10.9.